The van der Waals surface area contributed by atoms with Crippen molar-refractivity contribution in [2.24, 2.45) is 0 Å². The van der Waals surface area contributed by atoms with E-state index in [4.69, 9.17) is 4.74 Å². The van der Waals surface area contributed by atoms with Crippen molar-refractivity contribution in [2.75, 3.05) is 43.2 Å². The van der Waals surface area contributed by atoms with Crippen molar-refractivity contribution in [1.29, 1.82) is 0 Å². The molecule has 1 unspecified atom stereocenters. The monoisotopic (exact) mass is 298 g/mol. The van der Waals surface area contributed by atoms with Gasteiger partial charge in [-0.3, -0.25) is 0 Å². The molecule has 0 aliphatic carbocycles. The number of hydrogen-bond acceptors (Lipinski definition) is 4. The van der Waals surface area contributed by atoms with Crippen molar-refractivity contribution >= 4 is 17.4 Å². The molecule has 1 saturated heterocycles. The summed E-state index contributed by atoms with van der Waals surface area (Å²) in [5, 5.41) is 3.30. The summed E-state index contributed by atoms with van der Waals surface area (Å²) >= 11 is 1.99. The fraction of sp³-hybridized carbons (Fsp3) is 0.600. The molecule has 3 nitrogen and oxygen atoms in total. The highest BCUT2D eigenvalue weighted by molar-refractivity contribution is 7.99. The minimum Gasteiger partial charge on any atom is -0.383 e. The molecule has 1 aliphatic rings. The van der Waals surface area contributed by atoms with Gasteiger partial charge in [0.25, 0.3) is 0 Å². The van der Waals surface area contributed by atoms with E-state index in [1.807, 2.05) is 17.8 Å². The van der Waals surface area contributed by atoms with Gasteiger partial charge in [0, 0.05) is 50.0 Å². The Bertz CT molecular complexity index is 430. The van der Waals surface area contributed by atoms with Crippen LogP contribution in [0, 0.1) is 5.82 Å². The molecule has 20 heavy (non-hydrogen) atoms. The molecule has 1 aromatic carbocycles. The molecule has 1 N–H and O–H groups in total. The number of benzene rings is 1. The summed E-state index contributed by atoms with van der Waals surface area (Å²) in [6.45, 7) is 5.38. The number of thioether (sulfide) groups is 1. The van der Waals surface area contributed by atoms with Crippen molar-refractivity contribution in [3.05, 3.63) is 29.6 Å². The third-order valence-electron chi connectivity index (χ3n) is 3.52. The average Bonchev–Trinajstić information content (AvgIpc) is 2.45. The van der Waals surface area contributed by atoms with Crippen molar-refractivity contribution in [1.82, 2.24) is 5.32 Å². The van der Waals surface area contributed by atoms with E-state index in [0.29, 0.717) is 19.2 Å². The molecule has 0 aromatic heterocycles. The van der Waals surface area contributed by atoms with Crippen molar-refractivity contribution in [3.63, 3.8) is 0 Å². The van der Waals surface area contributed by atoms with E-state index in [-0.39, 0.29) is 5.82 Å². The number of nitrogens with zero attached hydrogens (tertiary/aromatic N) is 1. The topological polar surface area (TPSA) is 24.5 Å². The Hall–Kier alpha value is -0.780. The van der Waals surface area contributed by atoms with Gasteiger partial charge in [0.2, 0.25) is 0 Å². The lowest BCUT2D eigenvalue weighted by Gasteiger charge is -2.36. The van der Waals surface area contributed by atoms with Gasteiger partial charge in [0.15, 0.2) is 0 Å². The zero-order valence-electron chi connectivity index (χ0n) is 12.2. The van der Waals surface area contributed by atoms with Crippen molar-refractivity contribution in [3.8, 4) is 0 Å². The van der Waals surface area contributed by atoms with Gasteiger partial charge < -0.3 is 15.0 Å². The Balaban J connectivity index is 2.10. The molecular formula is C15H23FN2OS. The zero-order chi connectivity index (χ0) is 14.4. The molecule has 0 spiro atoms. The van der Waals surface area contributed by atoms with Gasteiger partial charge in [-0.1, -0.05) is 0 Å². The second-order valence-corrected chi connectivity index (χ2v) is 6.21. The summed E-state index contributed by atoms with van der Waals surface area (Å²) in [6.07, 6.45) is 0. The first-order chi connectivity index (χ1) is 9.72. The molecule has 1 fully saturated rings. The minimum absolute atomic E-state index is 0.170. The summed E-state index contributed by atoms with van der Waals surface area (Å²) in [6, 6.07) is 5.61. The van der Waals surface area contributed by atoms with Crippen LogP contribution in [0.2, 0.25) is 0 Å². The second kappa shape index (κ2) is 7.86. The highest BCUT2D eigenvalue weighted by Gasteiger charge is 2.21. The summed E-state index contributed by atoms with van der Waals surface area (Å²) in [7, 11) is 1.68. The van der Waals surface area contributed by atoms with Crippen molar-refractivity contribution < 1.29 is 9.13 Å². The summed E-state index contributed by atoms with van der Waals surface area (Å²) in [5.41, 5.74) is 2.18. The molecule has 1 heterocycles. The molecule has 2 rings (SSSR count). The van der Waals surface area contributed by atoms with Crippen LogP contribution in [-0.2, 0) is 11.3 Å². The largest absolute Gasteiger partial charge is 0.383 e. The Labute approximate surface area is 124 Å². The molecule has 0 amide bonds. The number of halogens is 1. The Morgan fingerprint density at radius 3 is 3.10 bits per heavy atom. The van der Waals surface area contributed by atoms with Crippen molar-refractivity contribution in [2.45, 2.75) is 19.5 Å². The molecule has 1 aliphatic heterocycles. The van der Waals surface area contributed by atoms with E-state index >= 15 is 0 Å². The number of nitrogens with one attached hydrogen (secondary N) is 1. The lowest BCUT2D eigenvalue weighted by atomic mass is 10.1. The Morgan fingerprint density at radius 1 is 1.50 bits per heavy atom. The second-order valence-electron chi connectivity index (χ2n) is 5.06. The number of rotatable bonds is 6. The van der Waals surface area contributed by atoms with Crippen LogP contribution in [-0.4, -0.2) is 44.4 Å². The smallest absolute Gasteiger partial charge is 0.123 e. The maximum absolute atomic E-state index is 13.5. The highest BCUT2D eigenvalue weighted by Crippen LogP contribution is 2.27. The van der Waals surface area contributed by atoms with Gasteiger partial charge >= 0.3 is 0 Å². The standard InChI is InChI=1S/C15H23FN2OS/c1-12-11-20-8-6-18(12)15-4-3-14(16)9-13(15)10-17-5-7-19-2/h3-4,9,12,17H,5-8,10-11H2,1-2H3. The summed E-state index contributed by atoms with van der Waals surface area (Å²) in [4.78, 5) is 2.39. The van der Waals surface area contributed by atoms with Gasteiger partial charge in [-0.05, 0) is 30.7 Å². The van der Waals surface area contributed by atoms with E-state index < -0.39 is 0 Å². The minimum atomic E-state index is -0.170. The predicted molar refractivity (Wildman–Crippen MR) is 84.1 cm³/mol. The lowest BCUT2D eigenvalue weighted by molar-refractivity contribution is 0.199. The number of hydrogen-bond donors (Lipinski definition) is 1. The highest BCUT2D eigenvalue weighted by atomic mass is 32.2. The van der Waals surface area contributed by atoms with Gasteiger partial charge in [-0.25, -0.2) is 4.39 Å². The van der Waals surface area contributed by atoms with Crippen LogP contribution in [0.1, 0.15) is 12.5 Å². The number of methoxy groups -OCH3 is 1. The Kier molecular flexibility index (Phi) is 6.13. The van der Waals surface area contributed by atoms with Gasteiger partial charge in [0.05, 0.1) is 6.61 Å². The molecular weight excluding hydrogens is 275 g/mol. The molecule has 1 atom stereocenters. The molecule has 112 valence electrons. The lowest BCUT2D eigenvalue weighted by Crippen LogP contribution is -2.41. The summed E-state index contributed by atoms with van der Waals surface area (Å²) in [5.74, 6) is 2.10. The predicted octanol–water partition coefficient (Wildman–Crippen LogP) is 2.50. The van der Waals surface area contributed by atoms with Crippen LogP contribution < -0.4 is 10.2 Å². The van der Waals surface area contributed by atoms with Crippen LogP contribution >= 0.6 is 11.8 Å². The SMILES string of the molecule is COCCNCc1cc(F)ccc1N1CCSCC1C. The van der Waals surface area contributed by atoms with Crippen LogP contribution in [0.15, 0.2) is 18.2 Å². The third kappa shape index (κ3) is 4.11. The van der Waals surface area contributed by atoms with E-state index in [2.05, 4.69) is 17.1 Å². The quantitative estimate of drug-likeness (QED) is 0.816. The van der Waals surface area contributed by atoms with E-state index in [9.17, 15) is 4.39 Å². The number of anilines is 1. The van der Waals surface area contributed by atoms with E-state index in [0.717, 1.165) is 35.8 Å². The molecule has 5 heteroatoms. The average molecular weight is 298 g/mol. The van der Waals surface area contributed by atoms with E-state index in [1.165, 1.54) is 0 Å². The van der Waals surface area contributed by atoms with Crippen LogP contribution in [0.5, 0.6) is 0 Å². The maximum atomic E-state index is 13.5. The first-order valence-corrected chi connectivity index (χ1v) is 8.20. The van der Waals surface area contributed by atoms with Crippen LogP contribution in [0.3, 0.4) is 0 Å². The number of ether oxygens (including phenoxy) is 1. The van der Waals surface area contributed by atoms with E-state index in [1.54, 1.807) is 19.2 Å². The zero-order valence-corrected chi connectivity index (χ0v) is 13.0. The van der Waals surface area contributed by atoms with Gasteiger partial charge in [-0.2, -0.15) is 11.8 Å². The van der Waals surface area contributed by atoms with Gasteiger partial charge in [-0.15, -0.1) is 0 Å². The van der Waals surface area contributed by atoms with Crippen LogP contribution in [0.25, 0.3) is 0 Å². The normalized spacial score (nSPS) is 19.4. The summed E-state index contributed by atoms with van der Waals surface area (Å²) < 4.78 is 18.5. The van der Waals surface area contributed by atoms with Gasteiger partial charge in [0.1, 0.15) is 5.82 Å². The molecule has 1 aromatic rings. The molecule has 0 bridgehead atoms. The molecule has 0 saturated carbocycles. The fourth-order valence-electron chi connectivity index (χ4n) is 2.46. The van der Waals surface area contributed by atoms with Crippen LogP contribution in [0.4, 0.5) is 10.1 Å². The Morgan fingerprint density at radius 2 is 2.35 bits per heavy atom. The maximum Gasteiger partial charge on any atom is 0.123 e. The fourth-order valence-corrected chi connectivity index (χ4v) is 3.47. The third-order valence-corrected chi connectivity index (χ3v) is 4.71. The first-order valence-electron chi connectivity index (χ1n) is 7.05. The first kappa shape index (κ1) is 15.6. The molecule has 0 radical (unpaired) electrons.